The lowest BCUT2D eigenvalue weighted by molar-refractivity contribution is 0.0594. The molecule has 26 heavy (non-hydrogen) atoms. The van der Waals surface area contributed by atoms with E-state index in [2.05, 4.69) is 9.98 Å². The van der Waals surface area contributed by atoms with Gasteiger partial charge in [0, 0.05) is 5.56 Å². The quantitative estimate of drug-likeness (QED) is 0.281. The Kier molecular flexibility index (Phi) is 8.03. The molecule has 0 atom stereocenters. The number of benzene rings is 1. The Hall–Kier alpha value is -2.98. The van der Waals surface area contributed by atoms with Crippen LogP contribution in [0.5, 0.6) is 5.75 Å². The smallest absolute Gasteiger partial charge is 0.356 e. The summed E-state index contributed by atoms with van der Waals surface area (Å²) in [6.45, 7) is 1.17. The number of ether oxygens (including phenoxy) is 2. The van der Waals surface area contributed by atoms with Crippen LogP contribution >= 0.6 is 0 Å². The fourth-order valence-electron chi connectivity index (χ4n) is 2.44. The van der Waals surface area contributed by atoms with E-state index in [1.807, 2.05) is 30.3 Å². The van der Waals surface area contributed by atoms with Gasteiger partial charge in [-0.15, -0.1) is 0 Å². The molecule has 0 N–H and O–H groups in total. The van der Waals surface area contributed by atoms with Gasteiger partial charge in [-0.05, 0) is 43.5 Å². The van der Waals surface area contributed by atoms with Gasteiger partial charge in [-0.1, -0.05) is 24.6 Å². The molecule has 0 amide bonds. The van der Waals surface area contributed by atoms with E-state index in [0.717, 1.165) is 37.0 Å². The number of nitrogens with zero attached hydrogens (tertiary/aromatic N) is 2. The highest BCUT2D eigenvalue weighted by molar-refractivity contribution is 5.87. The molecule has 0 bridgehead atoms. The lowest BCUT2D eigenvalue weighted by Gasteiger charge is -2.08. The van der Waals surface area contributed by atoms with E-state index in [1.54, 1.807) is 18.2 Å². The summed E-state index contributed by atoms with van der Waals surface area (Å²) in [5, 5.41) is 0. The van der Waals surface area contributed by atoms with E-state index >= 15 is 0 Å². The van der Waals surface area contributed by atoms with Crippen molar-refractivity contribution in [1.82, 2.24) is 4.98 Å². The monoisotopic (exact) mass is 354 g/mol. The zero-order chi connectivity index (χ0) is 18.6. The number of pyridine rings is 1. The summed E-state index contributed by atoms with van der Waals surface area (Å²) in [6, 6.07) is 12.9. The number of unbranched alkanes of at least 4 members (excludes halogenated alkanes) is 3. The second kappa shape index (κ2) is 10.8. The highest BCUT2D eigenvalue weighted by Crippen LogP contribution is 2.23. The summed E-state index contributed by atoms with van der Waals surface area (Å²) in [6.07, 6.45) is 5.41. The Balaban J connectivity index is 1.88. The van der Waals surface area contributed by atoms with Crippen molar-refractivity contribution < 1.29 is 19.1 Å². The van der Waals surface area contributed by atoms with Crippen LogP contribution in [-0.2, 0) is 9.53 Å². The first-order valence-electron chi connectivity index (χ1n) is 8.57. The molecule has 1 aromatic carbocycles. The number of aliphatic imine (C=N–C) groups is 1. The van der Waals surface area contributed by atoms with Crippen LogP contribution in [-0.4, -0.2) is 37.3 Å². The van der Waals surface area contributed by atoms with Crippen LogP contribution in [0, 0.1) is 0 Å². The minimum atomic E-state index is -0.460. The summed E-state index contributed by atoms with van der Waals surface area (Å²) in [4.78, 5) is 29.4. The molecule has 0 unspecified atom stereocenters. The standard InChI is InChI=1S/C20H22N2O4/c1-25-20(24)19-11-7-10-18(22-19)16-8-6-9-17(14-16)26-13-5-3-2-4-12-21-15-23/h6-11,14H,2-5,12-13H2,1H3. The minimum absolute atomic E-state index is 0.273. The summed E-state index contributed by atoms with van der Waals surface area (Å²) in [5.74, 6) is 0.302. The maximum absolute atomic E-state index is 11.6. The van der Waals surface area contributed by atoms with Gasteiger partial charge in [0.05, 0.1) is 26.0 Å². The molecule has 0 aliphatic rings. The van der Waals surface area contributed by atoms with Gasteiger partial charge in [-0.3, -0.25) is 0 Å². The number of isocyanates is 1. The van der Waals surface area contributed by atoms with Crippen LogP contribution in [0.15, 0.2) is 47.5 Å². The Bertz CT molecular complexity index is 770. The zero-order valence-electron chi connectivity index (χ0n) is 14.8. The summed E-state index contributed by atoms with van der Waals surface area (Å²) < 4.78 is 10.5. The van der Waals surface area contributed by atoms with Crippen molar-refractivity contribution in [3.05, 3.63) is 48.2 Å². The van der Waals surface area contributed by atoms with Crippen LogP contribution < -0.4 is 4.74 Å². The predicted molar refractivity (Wildman–Crippen MR) is 98.0 cm³/mol. The van der Waals surface area contributed by atoms with E-state index in [-0.39, 0.29) is 5.69 Å². The van der Waals surface area contributed by atoms with Gasteiger partial charge >= 0.3 is 5.97 Å². The van der Waals surface area contributed by atoms with Crippen molar-refractivity contribution in [2.45, 2.75) is 25.7 Å². The van der Waals surface area contributed by atoms with Gasteiger partial charge in [0.15, 0.2) is 0 Å². The Labute approximate surface area is 152 Å². The topological polar surface area (TPSA) is 77.9 Å². The maximum atomic E-state index is 11.6. The molecule has 6 nitrogen and oxygen atoms in total. The van der Waals surface area contributed by atoms with Crippen LogP contribution in [0.25, 0.3) is 11.3 Å². The molecule has 0 saturated heterocycles. The van der Waals surface area contributed by atoms with Gasteiger partial charge in [-0.2, -0.15) is 0 Å². The average molecular weight is 354 g/mol. The van der Waals surface area contributed by atoms with Crippen molar-refractivity contribution in [3.63, 3.8) is 0 Å². The third-order valence-corrected chi connectivity index (χ3v) is 3.77. The lowest BCUT2D eigenvalue weighted by Crippen LogP contribution is -2.04. The summed E-state index contributed by atoms with van der Waals surface area (Å²) >= 11 is 0. The first-order valence-corrected chi connectivity index (χ1v) is 8.57. The Morgan fingerprint density at radius 1 is 1.12 bits per heavy atom. The van der Waals surface area contributed by atoms with Crippen molar-refractivity contribution in [3.8, 4) is 17.0 Å². The average Bonchev–Trinajstić information content (AvgIpc) is 2.69. The number of hydrogen-bond donors (Lipinski definition) is 0. The van der Waals surface area contributed by atoms with Crippen molar-refractivity contribution in [2.24, 2.45) is 4.99 Å². The molecule has 1 heterocycles. The second-order valence-corrected chi connectivity index (χ2v) is 5.66. The molecule has 0 spiro atoms. The van der Waals surface area contributed by atoms with Crippen LogP contribution in [0.2, 0.25) is 0 Å². The fourth-order valence-corrected chi connectivity index (χ4v) is 2.44. The molecule has 1 aromatic heterocycles. The molecule has 6 heteroatoms. The maximum Gasteiger partial charge on any atom is 0.356 e. The fraction of sp³-hybridized carbons (Fsp3) is 0.350. The van der Waals surface area contributed by atoms with E-state index < -0.39 is 5.97 Å². The van der Waals surface area contributed by atoms with Crippen LogP contribution in [0.1, 0.15) is 36.2 Å². The van der Waals surface area contributed by atoms with E-state index in [1.165, 1.54) is 7.11 Å². The van der Waals surface area contributed by atoms with Crippen molar-refractivity contribution >= 4 is 12.0 Å². The number of methoxy groups -OCH3 is 1. The SMILES string of the molecule is COC(=O)c1cccc(-c2cccc(OCCCCCCN=C=O)c2)n1. The van der Waals surface area contributed by atoms with Gasteiger partial charge < -0.3 is 9.47 Å². The highest BCUT2D eigenvalue weighted by atomic mass is 16.5. The zero-order valence-corrected chi connectivity index (χ0v) is 14.8. The predicted octanol–water partition coefficient (Wildman–Crippen LogP) is 3.81. The minimum Gasteiger partial charge on any atom is -0.494 e. The first-order chi connectivity index (χ1) is 12.7. The number of carbonyl (C=O) groups is 1. The van der Waals surface area contributed by atoms with Crippen LogP contribution in [0.4, 0.5) is 0 Å². The molecule has 0 radical (unpaired) electrons. The first kappa shape index (κ1) is 19.3. The number of rotatable bonds is 10. The Morgan fingerprint density at radius 2 is 1.92 bits per heavy atom. The van der Waals surface area contributed by atoms with Crippen molar-refractivity contribution in [1.29, 1.82) is 0 Å². The molecule has 2 rings (SSSR count). The normalized spacial score (nSPS) is 10.0. The third-order valence-electron chi connectivity index (χ3n) is 3.77. The molecule has 0 aliphatic heterocycles. The Morgan fingerprint density at radius 3 is 2.73 bits per heavy atom. The largest absolute Gasteiger partial charge is 0.494 e. The molecule has 0 aliphatic carbocycles. The molecule has 0 saturated carbocycles. The second-order valence-electron chi connectivity index (χ2n) is 5.66. The third kappa shape index (κ3) is 6.15. The molecule has 2 aromatic rings. The van der Waals surface area contributed by atoms with Gasteiger partial charge in [0.1, 0.15) is 11.4 Å². The lowest BCUT2D eigenvalue weighted by atomic mass is 10.1. The van der Waals surface area contributed by atoms with Crippen LogP contribution in [0.3, 0.4) is 0 Å². The van der Waals surface area contributed by atoms with Gasteiger partial charge in [0.2, 0.25) is 6.08 Å². The van der Waals surface area contributed by atoms with Crippen molar-refractivity contribution in [2.75, 3.05) is 20.3 Å². The van der Waals surface area contributed by atoms with E-state index in [4.69, 9.17) is 9.47 Å². The number of esters is 1. The molecule has 136 valence electrons. The molecule has 0 fully saturated rings. The molecular weight excluding hydrogens is 332 g/mol. The van der Waals surface area contributed by atoms with E-state index in [9.17, 15) is 9.59 Å². The number of aromatic nitrogens is 1. The number of hydrogen-bond acceptors (Lipinski definition) is 6. The highest BCUT2D eigenvalue weighted by Gasteiger charge is 2.09. The molecular formula is C20H22N2O4. The summed E-state index contributed by atoms with van der Waals surface area (Å²) in [7, 11) is 1.33. The summed E-state index contributed by atoms with van der Waals surface area (Å²) in [5.41, 5.74) is 1.84. The number of carbonyl (C=O) groups excluding carboxylic acids is 2. The van der Waals surface area contributed by atoms with Gasteiger partial charge in [-0.25, -0.2) is 19.6 Å². The van der Waals surface area contributed by atoms with Gasteiger partial charge in [0.25, 0.3) is 0 Å². The van der Waals surface area contributed by atoms with E-state index in [0.29, 0.717) is 18.8 Å².